The second-order valence-electron chi connectivity index (χ2n) is 9.07. The molecule has 1 aromatic carbocycles. The molecule has 0 saturated carbocycles. The molecule has 0 amide bonds. The van der Waals surface area contributed by atoms with E-state index in [2.05, 4.69) is 46.1 Å². The molecule has 0 spiro atoms. The predicted molar refractivity (Wildman–Crippen MR) is 123 cm³/mol. The minimum atomic E-state index is -0.498. The molecule has 168 valence electrons. The van der Waals surface area contributed by atoms with Gasteiger partial charge in [0.25, 0.3) is 0 Å². The van der Waals surface area contributed by atoms with Gasteiger partial charge in [-0.15, -0.1) is 0 Å². The molecule has 3 fully saturated rings. The molecule has 7 heteroatoms. The normalized spacial score (nSPS) is 26.1. The SMILES string of the molecule is COc1cc(CN(C)C2CCSCC2)ccc1OCC(O)CN1C[C@H]2CC[C@@H](C1)N2. The van der Waals surface area contributed by atoms with Gasteiger partial charge >= 0.3 is 0 Å². The van der Waals surface area contributed by atoms with Crippen molar-refractivity contribution in [1.29, 1.82) is 0 Å². The van der Waals surface area contributed by atoms with E-state index in [1.807, 2.05) is 6.07 Å². The number of hydrogen-bond donors (Lipinski definition) is 2. The average Bonchev–Trinajstić information content (AvgIpc) is 3.11. The number of fused-ring (bicyclic) bond motifs is 2. The lowest BCUT2D eigenvalue weighted by atomic mass is 10.1. The van der Waals surface area contributed by atoms with Crippen LogP contribution in [0.4, 0.5) is 0 Å². The molecule has 1 unspecified atom stereocenters. The minimum Gasteiger partial charge on any atom is -0.493 e. The number of benzene rings is 1. The number of piperazine rings is 1. The van der Waals surface area contributed by atoms with E-state index in [9.17, 15) is 5.11 Å². The highest BCUT2D eigenvalue weighted by Crippen LogP contribution is 2.30. The Hall–Kier alpha value is -0.990. The second kappa shape index (κ2) is 10.6. The van der Waals surface area contributed by atoms with Gasteiger partial charge in [-0.3, -0.25) is 9.80 Å². The van der Waals surface area contributed by atoms with Crippen LogP contribution in [-0.4, -0.2) is 91.0 Å². The van der Waals surface area contributed by atoms with Gasteiger partial charge in [-0.05, 0) is 61.9 Å². The quantitative estimate of drug-likeness (QED) is 0.617. The molecule has 0 radical (unpaired) electrons. The molecule has 2 N–H and O–H groups in total. The number of methoxy groups -OCH3 is 1. The molecule has 30 heavy (non-hydrogen) atoms. The lowest BCUT2D eigenvalue weighted by Crippen LogP contribution is -2.53. The summed E-state index contributed by atoms with van der Waals surface area (Å²) >= 11 is 2.06. The number of aliphatic hydroxyl groups excluding tert-OH is 1. The molecule has 6 nitrogen and oxygen atoms in total. The van der Waals surface area contributed by atoms with Gasteiger partial charge < -0.3 is 19.9 Å². The number of nitrogens with one attached hydrogen (secondary N) is 1. The van der Waals surface area contributed by atoms with Crippen LogP contribution < -0.4 is 14.8 Å². The summed E-state index contributed by atoms with van der Waals surface area (Å²) in [6.07, 6.45) is 4.55. The summed E-state index contributed by atoms with van der Waals surface area (Å²) in [6.45, 7) is 3.92. The van der Waals surface area contributed by atoms with Crippen LogP contribution in [0, 0.1) is 0 Å². The predicted octanol–water partition coefficient (Wildman–Crippen LogP) is 2.20. The van der Waals surface area contributed by atoms with Crippen LogP contribution in [0.1, 0.15) is 31.2 Å². The molecule has 3 atom stereocenters. The zero-order valence-electron chi connectivity index (χ0n) is 18.4. The number of ether oxygens (including phenoxy) is 2. The maximum Gasteiger partial charge on any atom is 0.161 e. The fraction of sp³-hybridized carbons (Fsp3) is 0.739. The van der Waals surface area contributed by atoms with E-state index in [4.69, 9.17) is 9.47 Å². The summed E-state index contributed by atoms with van der Waals surface area (Å²) in [5.41, 5.74) is 1.23. The molecule has 0 aliphatic carbocycles. The van der Waals surface area contributed by atoms with Gasteiger partial charge in [-0.1, -0.05) is 6.07 Å². The van der Waals surface area contributed by atoms with Gasteiger partial charge in [0.2, 0.25) is 0 Å². The number of rotatable bonds is 9. The van der Waals surface area contributed by atoms with Crippen LogP contribution in [0.15, 0.2) is 18.2 Å². The fourth-order valence-electron chi connectivity index (χ4n) is 5.05. The fourth-order valence-corrected chi connectivity index (χ4v) is 6.13. The molecule has 2 bridgehead atoms. The minimum absolute atomic E-state index is 0.286. The van der Waals surface area contributed by atoms with Crippen molar-refractivity contribution in [3.05, 3.63) is 23.8 Å². The Morgan fingerprint density at radius 2 is 1.90 bits per heavy atom. The molecule has 4 rings (SSSR count). The van der Waals surface area contributed by atoms with E-state index >= 15 is 0 Å². The van der Waals surface area contributed by atoms with Crippen LogP contribution in [0.2, 0.25) is 0 Å². The van der Waals surface area contributed by atoms with Crippen molar-refractivity contribution in [2.45, 2.75) is 56.5 Å². The summed E-state index contributed by atoms with van der Waals surface area (Å²) in [7, 11) is 3.90. The summed E-state index contributed by atoms with van der Waals surface area (Å²) in [6, 6.07) is 8.03. The monoisotopic (exact) mass is 435 g/mol. The first-order valence-electron chi connectivity index (χ1n) is 11.3. The molecule has 1 aromatic rings. The zero-order chi connectivity index (χ0) is 20.9. The van der Waals surface area contributed by atoms with Crippen molar-refractivity contribution in [1.82, 2.24) is 15.1 Å². The van der Waals surface area contributed by atoms with E-state index < -0.39 is 6.10 Å². The van der Waals surface area contributed by atoms with Crippen LogP contribution in [0.25, 0.3) is 0 Å². The Morgan fingerprint density at radius 1 is 1.17 bits per heavy atom. The highest BCUT2D eigenvalue weighted by molar-refractivity contribution is 7.99. The van der Waals surface area contributed by atoms with Crippen molar-refractivity contribution in [3.63, 3.8) is 0 Å². The van der Waals surface area contributed by atoms with E-state index in [1.54, 1.807) is 7.11 Å². The Balaban J connectivity index is 1.27. The average molecular weight is 436 g/mol. The molecular formula is C23H37N3O3S. The van der Waals surface area contributed by atoms with Gasteiger partial charge in [0.15, 0.2) is 11.5 Å². The van der Waals surface area contributed by atoms with E-state index in [1.165, 1.54) is 42.8 Å². The molecular weight excluding hydrogens is 398 g/mol. The van der Waals surface area contributed by atoms with E-state index in [0.29, 0.717) is 30.4 Å². The molecule has 3 heterocycles. The third-order valence-electron chi connectivity index (χ3n) is 6.67. The highest BCUT2D eigenvalue weighted by Gasteiger charge is 2.32. The molecule has 3 aliphatic heterocycles. The first-order valence-corrected chi connectivity index (χ1v) is 12.5. The molecule has 0 aromatic heterocycles. The van der Waals surface area contributed by atoms with Crippen molar-refractivity contribution < 1.29 is 14.6 Å². The number of thioether (sulfide) groups is 1. The zero-order valence-corrected chi connectivity index (χ0v) is 19.2. The van der Waals surface area contributed by atoms with E-state index in [0.717, 1.165) is 25.4 Å². The number of hydrogen-bond acceptors (Lipinski definition) is 7. The van der Waals surface area contributed by atoms with Crippen LogP contribution in [0.5, 0.6) is 11.5 Å². The summed E-state index contributed by atoms with van der Waals surface area (Å²) < 4.78 is 11.5. The third kappa shape index (κ3) is 5.82. The maximum absolute atomic E-state index is 10.5. The van der Waals surface area contributed by atoms with Crippen molar-refractivity contribution in [3.8, 4) is 11.5 Å². The van der Waals surface area contributed by atoms with Crippen LogP contribution in [-0.2, 0) is 6.54 Å². The topological polar surface area (TPSA) is 57.2 Å². The first kappa shape index (κ1) is 22.2. The Morgan fingerprint density at radius 3 is 2.60 bits per heavy atom. The van der Waals surface area contributed by atoms with Crippen molar-refractivity contribution in [2.24, 2.45) is 0 Å². The summed E-state index contributed by atoms with van der Waals surface area (Å²) in [4.78, 5) is 4.83. The highest BCUT2D eigenvalue weighted by atomic mass is 32.2. The van der Waals surface area contributed by atoms with E-state index in [-0.39, 0.29) is 6.61 Å². The van der Waals surface area contributed by atoms with Crippen LogP contribution >= 0.6 is 11.8 Å². The van der Waals surface area contributed by atoms with Crippen LogP contribution in [0.3, 0.4) is 0 Å². The number of likely N-dealkylation sites (tertiary alicyclic amines) is 1. The van der Waals surface area contributed by atoms with Gasteiger partial charge in [-0.2, -0.15) is 11.8 Å². The Kier molecular flexibility index (Phi) is 7.81. The standard InChI is InChI=1S/C23H37N3O3S/c1-25(20-7-9-30-10-8-20)12-17-3-6-22(23(11-17)28-2)29-16-21(27)15-26-13-18-4-5-19(14-26)24-18/h3,6,11,18-21,24,27H,4-5,7-10,12-16H2,1-2H3/t18-,19+,21?. The van der Waals surface area contributed by atoms with Crippen molar-refractivity contribution in [2.75, 3.05) is 51.9 Å². The maximum atomic E-state index is 10.5. The van der Waals surface area contributed by atoms with Crippen molar-refractivity contribution >= 4 is 11.8 Å². The summed E-state index contributed by atoms with van der Waals surface area (Å²) in [5, 5.41) is 14.1. The lowest BCUT2D eigenvalue weighted by Gasteiger charge is -2.34. The van der Waals surface area contributed by atoms with Gasteiger partial charge in [0.1, 0.15) is 12.7 Å². The summed E-state index contributed by atoms with van der Waals surface area (Å²) in [5.74, 6) is 3.98. The first-order chi connectivity index (χ1) is 14.6. The van der Waals surface area contributed by atoms with Gasteiger partial charge in [0, 0.05) is 44.3 Å². The number of β-amino-alcohol motifs (C(OH)–C–C–N with tert-alkyl or cyclic N) is 1. The smallest absolute Gasteiger partial charge is 0.161 e. The van der Waals surface area contributed by atoms with Gasteiger partial charge in [0.05, 0.1) is 7.11 Å². The second-order valence-corrected chi connectivity index (χ2v) is 10.3. The third-order valence-corrected chi connectivity index (χ3v) is 7.72. The number of nitrogens with zero attached hydrogens (tertiary/aromatic N) is 2. The Bertz CT molecular complexity index is 674. The lowest BCUT2D eigenvalue weighted by molar-refractivity contribution is 0.0558. The molecule has 3 saturated heterocycles. The number of aliphatic hydroxyl groups is 1. The largest absolute Gasteiger partial charge is 0.493 e. The Labute approximate surface area is 185 Å². The molecule has 3 aliphatic rings. The van der Waals surface area contributed by atoms with Gasteiger partial charge in [-0.25, -0.2) is 0 Å².